The number of ether oxygens (including phenoxy) is 3. The summed E-state index contributed by atoms with van der Waals surface area (Å²) in [5, 5.41) is 21.9. The summed E-state index contributed by atoms with van der Waals surface area (Å²) in [6.45, 7) is 10.7. The van der Waals surface area contributed by atoms with Crippen LogP contribution in [0.5, 0.6) is 0 Å². The van der Waals surface area contributed by atoms with E-state index in [1.165, 1.54) is 14.0 Å². The summed E-state index contributed by atoms with van der Waals surface area (Å²) in [4.78, 5) is 23.7. The number of aliphatic hydroxyl groups is 2. The fraction of sp³-hybridized carbons (Fsp3) is 0.739. The first-order valence-electron chi connectivity index (χ1n) is 10.6. The Kier molecular flexibility index (Phi) is 7.88. The van der Waals surface area contributed by atoms with Crippen LogP contribution in [-0.4, -0.2) is 58.8 Å². The van der Waals surface area contributed by atoms with Crippen LogP contribution in [0.4, 0.5) is 0 Å². The molecule has 7 nitrogen and oxygen atoms in total. The Hall–Kier alpha value is -1.70. The summed E-state index contributed by atoms with van der Waals surface area (Å²) in [5.74, 6) is -1.26. The van der Waals surface area contributed by atoms with Crippen LogP contribution in [0, 0.1) is 5.92 Å². The van der Waals surface area contributed by atoms with Crippen molar-refractivity contribution >= 4 is 11.9 Å². The minimum absolute atomic E-state index is 0.282. The van der Waals surface area contributed by atoms with E-state index in [4.69, 9.17) is 14.2 Å². The van der Waals surface area contributed by atoms with E-state index in [1.807, 2.05) is 19.9 Å². The van der Waals surface area contributed by atoms with Crippen LogP contribution in [0.2, 0.25) is 0 Å². The van der Waals surface area contributed by atoms with Crippen molar-refractivity contribution in [3.63, 3.8) is 0 Å². The highest BCUT2D eigenvalue weighted by Gasteiger charge is 2.49. The molecule has 0 aromatic carbocycles. The normalized spacial score (nSPS) is 39.5. The molecule has 0 saturated carbocycles. The minimum atomic E-state index is -1.14. The molecular formula is C23H36O7. The quantitative estimate of drug-likeness (QED) is 0.408. The summed E-state index contributed by atoms with van der Waals surface area (Å²) < 4.78 is 16.7. The van der Waals surface area contributed by atoms with Gasteiger partial charge in [0.1, 0.15) is 11.7 Å². The molecular weight excluding hydrogens is 388 g/mol. The van der Waals surface area contributed by atoms with Crippen molar-refractivity contribution in [2.45, 2.75) is 95.7 Å². The molecule has 0 aromatic heterocycles. The van der Waals surface area contributed by atoms with E-state index in [2.05, 4.69) is 6.58 Å². The Bertz CT molecular complexity index is 696. The molecule has 170 valence electrons. The Morgan fingerprint density at radius 1 is 1.27 bits per heavy atom. The maximum absolute atomic E-state index is 12.1. The number of rotatable bonds is 3. The molecule has 0 aromatic rings. The van der Waals surface area contributed by atoms with Gasteiger partial charge in [0.05, 0.1) is 24.9 Å². The Morgan fingerprint density at radius 3 is 2.53 bits per heavy atom. The number of carbonyl (C=O) groups is 2. The highest BCUT2D eigenvalue weighted by Crippen LogP contribution is 2.42. The van der Waals surface area contributed by atoms with Crippen LogP contribution in [0.1, 0.15) is 66.2 Å². The van der Waals surface area contributed by atoms with Gasteiger partial charge in [-0.05, 0) is 64.4 Å². The second kappa shape index (κ2) is 9.62. The van der Waals surface area contributed by atoms with Gasteiger partial charge in [-0.1, -0.05) is 12.7 Å². The second-order valence-corrected chi connectivity index (χ2v) is 9.10. The molecule has 0 aliphatic carbocycles. The van der Waals surface area contributed by atoms with E-state index in [-0.39, 0.29) is 17.9 Å². The number of carbonyl (C=O) groups excluding carboxylic acids is 2. The van der Waals surface area contributed by atoms with Crippen LogP contribution in [-0.2, 0) is 23.8 Å². The number of methoxy groups -OCH3 is 1. The zero-order chi connectivity index (χ0) is 22.7. The highest BCUT2D eigenvalue weighted by molar-refractivity contribution is 5.88. The maximum atomic E-state index is 12.1. The van der Waals surface area contributed by atoms with Crippen LogP contribution in [0.15, 0.2) is 23.8 Å². The van der Waals surface area contributed by atoms with Gasteiger partial charge >= 0.3 is 11.9 Å². The molecule has 30 heavy (non-hydrogen) atoms. The predicted molar refractivity (Wildman–Crippen MR) is 112 cm³/mol. The first kappa shape index (κ1) is 24.6. The number of esters is 2. The van der Waals surface area contributed by atoms with E-state index in [9.17, 15) is 19.8 Å². The second-order valence-electron chi connectivity index (χ2n) is 9.10. The standard InChI is InChI=1S/C23H36O7/c1-14-7-8-20(29-16(3)24)23(5)12-10-19(30-23)22(4,27)11-9-17(13-18(14)25)15(2)21(26)28-6/h7,17-20,25,27H,2,8-13H2,1,3-6H3/b14-7+/t17-,18-,19+,20+,22-,23-/m1/s1. The highest BCUT2D eigenvalue weighted by atomic mass is 16.6. The largest absolute Gasteiger partial charge is 0.466 e. The number of hydrogen-bond donors (Lipinski definition) is 2. The van der Waals surface area contributed by atoms with Crippen molar-refractivity contribution in [3.05, 3.63) is 23.8 Å². The number of aliphatic hydroxyl groups excluding tert-OH is 1. The smallest absolute Gasteiger partial charge is 0.333 e. The van der Waals surface area contributed by atoms with Crippen LogP contribution >= 0.6 is 0 Å². The van der Waals surface area contributed by atoms with Gasteiger partial charge in [-0.3, -0.25) is 4.79 Å². The molecule has 2 rings (SSSR count). The first-order chi connectivity index (χ1) is 13.9. The molecule has 1 saturated heterocycles. The molecule has 0 amide bonds. The van der Waals surface area contributed by atoms with Crippen molar-refractivity contribution < 1.29 is 34.0 Å². The first-order valence-corrected chi connectivity index (χ1v) is 10.6. The van der Waals surface area contributed by atoms with Crippen LogP contribution in [0.25, 0.3) is 0 Å². The molecule has 7 heteroatoms. The summed E-state index contributed by atoms with van der Waals surface area (Å²) >= 11 is 0. The van der Waals surface area contributed by atoms with Gasteiger partial charge in [0.2, 0.25) is 0 Å². The average Bonchev–Trinajstić information content (AvgIpc) is 3.10. The Labute approximate surface area is 179 Å². The Morgan fingerprint density at radius 2 is 1.93 bits per heavy atom. The van der Waals surface area contributed by atoms with Gasteiger partial charge in [0, 0.05) is 18.9 Å². The van der Waals surface area contributed by atoms with Crippen molar-refractivity contribution in [3.8, 4) is 0 Å². The third-order valence-electron chi connectivity index (χ3n) is 6.62. The third kappa shape index (κ3) is 5.71. The van der Waals surface area contributed by atoms with E-state index in [0.717, 1.165) is 5.57 Å². The topological polar surface area (TPSA) is 102 Å². The molecule has 2 N–H and O–H groups in total. The monoisotopic (exact) mass is 424 g/mol. The lowest BCUT2D eigenvalue weighted by Crippen LogP contribution is -2.46. The van der Waals surface area contributed by atoms with Gasteiger partial charge in [-0.15, -0.1) is 0 Å². The fourth-order valence-corrected chi connectivity index (χ4v) is 4.40. The lowest BCUT2D eigenvalue weighted by atomic mass is 9.81. The lowest BCUT2D eigenvalue weighted by Gasteiger charge is -2.36. The summed E-state index contributed by atoms with van der Waals surface area (Å²) in [5.41, 5.74) is -0.872. The van der Waals surface area contributed by atoms with Gasteiger partial charge < -0.3 is 24.4 Å². The summed E-state index contributed by atoms with van der Waals surface area (Å²) in [7, 11) is 1.30. The number of hydrogen-bond acceptors (Lipinski definition) is 7. The van der Waals surface area contributed by atoms with Crippen LogP contribution < -0.4 is 0 Å². The van der Waals surface area contributed by atoms with E-state index < -0.39 is 41.5 Å². The van der Waals surface area contributed by atoms with Gasteiger partial charge in [0.25, 0.3) is 0 Å². The van der Waals surface area contributed by atoms with Gasteiger partial charge in [-0.2, -0.15) is 0 Å². The molecule has 2 bridgehead atoms. The van der Waals surface area contributed by atoms with Crippen LogP contribution in [0.3, 0.4) is 0 Å². The SMILES string of the molecule is C=C(C(=O)OC)[C@@H]1CC[C@@](C)(O)[C@@H]2CC[C@@](C)(O2)[C@@H](OC(C)=O)C/C=C(\C)[C@H](O)C1. The van der Waals surface area contributed by atoms with Crippen molar-refractivity contribution in [1.29, 1.82) is 0 Å². The lowest BCUT2D eigenvalue weighted by molar-refractivity contribution is -0.182. The van der Waals surface area contributed by atoms with E-state index >= 15 is 0 Å². The molecule has 0 unspecified atom stereocenters. The zero-order valence-corrected chi connectivity index (χ0v) is 18.8. The Balaban J connectivity index is 2.38. The van der Waals surface area contributed by atoms with E-state index in [1.54, 1.807) is 6.92 Å². The summed E-state index contributed by atoms with van der Waals surface area (Å²) in [6.07, 6.45) is 2.86. The van der Waals surface area contributed by atoms with Gasteiger partial charge in [-0.25, -0.2) is 4.79 Å². The number of fused-ring (bicyclic) bond motifs is 2. The maximum Gasteiger partial charge on any atom is 0.333 e. The molecule has 2 aliphatic rings. The molecule has 1 fully saturated rings. The van der Waals surface area contributed by atoms with E-state index in [0.29, 0.717) is 32.1 Å². The fourth-order valence-electron chi connectivity index (χ4n) is 4.40. The predicted octanol–water partition coefficient (Wildman–Crippen LogP) is 2.83. The molecule has 0 radical (unpaired) electrons. The third-order valence-corrected chi connectivity index (χ3v) is 6.62. The average molecular weight is 425 g/mol. The molecule has 2 aliphatic heterocycles. The minimum Gasteiger partial charge on any atom is -0.466 e. The zero-order valence-electron chi connectivity index (χ0n) is 18.8. The van der Waals surface area contributed by atoms with Gasteiger partial charge in [0.15, 0.2) is 0 Å². The molecule has 6 atom stereocenters. The molecule has 2 heterocycles. The molecule has 0 spiro atoms. The summed E-state index contributed by atoms with van der Waals surface area (Å²) in [6, 6.07) is 0. The van der Waals surface area contributed by atoms with Crippen molar-refractivity contribution in [2.24, 2.45) is 5.92 Å². The van der Waals surface area contributed by atoms with Crippen molar-refractivity contribution in [2.75, 3.05) is 7.11 Å². The van der Waals surface area contributed by atoms with Crippen molar-refractivity contribution in [1.82, 2.24) is 0 Å².